The molecule has 2 aromatic carbocycles. The number of aryl methyl sites for hydroxylation is 1. The molecule has 1 amide bonds. The molecule has 0 aliphatic heterocycles. The lowest BCUT2D eigenvalue weighted by atomic mass is 10.1. The zero-order valence-corrected chi connectivity index (χ0v) is 15.7. The smallest absolute Gasteiger partial charge is 0.276 e. The number of halogens is 1. The fourth-order valence-corrected chi connectivity index (χ4v) is 3.06. The molecule has 0 saturated heterocycles. The van der Waals surface area contributed by atoms with Gasteiger partial charge in [-0.15, -0.1) is 0 Å². The largest absolute Gasteiger partial charge is 0.319 e. The molecule has 0 radical (unpaired) electrons. The van der Waals surface area contributed by atoms with Crippen molar-refractivity contribution in [2.24, 2.45) is 5.92 Å². The highest BCUT2D eigenvalue weighted by Crippen LogP contribution is 2.24. The minimum atomic E-state index is -0.399. The van der Waals surface area contributed by atoms with Gasteiger partial charge in [0.2, 0.25) is 0 Å². The average molecular weight is 370 g/mol. The molecule has 0 aliphatic carbocycles. The number of hydrogen-bond acceptors (Lipinski definition) is 3. The van der Waals surface area contributed by atoms with Gasteiger partial charge in [0, 0.05) is 11.9 Å². The third kappa shape index (κ3) is 3.63. The number of benzene rings is 2. The monoisotopic (exact) mass is 369 g/mol. The summed E-state index contributed by atoms with van der Waals surface area (Å²) in [5, 5.41) is 8.59. The Morgan fingerprint density at radius 1 is 1.19 bits per heavy atom. The molecule has 3 rings (SSSR count). The van der Waals surface area contributed by atoms with Gasteiger partial charge in [-0.1, -0.05) is 49.7 Å². The summed E-state index contributed by atoms with van der Waals surface area (Å²) < 4.78 is 1.36. The highest BCUT2D eigenvalue weighted by Gasteiger charge is 2.18. The van der Waals surface area contributed by atoms with E-state index in [1.165, 1.54) is 4.68 Å². The summed E-state index contributed by atoms with van der Waals surface area (Å²) in [4.78, 5) is 25.5. The van der Waals surface area contributed by atoms with E-state index in [-0.39, 0.29) is 17.2 Å². The quantitative estimate of drug-likeness (QED) is 0.747. The number of rotatable bonds is 4. The van der Waals surface area contributed by atoms with Gasteiger partial charge in [-0.25, -0.2) is 4.68 Å². The number of fused-ring (bicyclic) bond motifs is 1. The topological polar surface area (TPSA) is 64.0 Å². The van der Waals surface area contributed by atoms with Crippen LogP contribution in [0.2, 0.25) is 5.02 Å². The van der Waals surface area contributed by atoms with Crippen LogP contribution in [0.5, 0.6) is 0 Å². The van der Waals surface area contributed by atoms with Crippen molar-refractivity contribution >= 4 is 34.0 Å². The van der Waals surface area contributed by atoms with Gasteiger partial charge in [0.15, 0.2) is 5.69 Å². The number of carbonyl (C=O) groups is 1. The van der Waals surface area contributed by atoms with Gasteiger partial charge in [0.25, 0.3) is 11.5 Å². The van der Waals surface area contributed by atoms with Crippen LogP contribution < -0.4 is 10.9 Å². The first-order valence-electron chi connectivity index (χ1n) is 8.44. The normalized spacial score (nSPS) is 11.1. The predicted molar refractivity (Wildman–Crippen MR) is 105 cm³/mol. The molecule has 1 aromatic heterocycles. The Morgan fingerprint density at radius 3 is 2.54 bits per heavy atom. The first-order chi connectivity index (χ1) is 12.4. The van der Waals surface area contributed by atoms with Crippen molar-refractivity contribution in [3.05, 3.63) is 69.1 Å². The van der Waals surface area contributed by atoms with Crippen molar-refractivity contribution in [1.29, 1.82) is 0 Å². The summed E-state index contributed by atoms with van der Waals surface area (Å²) in [5.41, 5.74) is 1.52. The molecule has 3 aromatic rings. The number of nitrogens with one attached hydrogen (secondary N) is 1. The molecule has 0 saturated carbocycles. The second-order valence-corrected chi connectivity index (χ2v) is 7.12. The molecule has 0 aliphatic rings. The van der Waals surface area contributed by atoms with Crippen LogP contribution in [-0.4, -0.2) is 15.7 Å². The summed E-state index contributed by atoms with van der Waals surface area (Å²) in [6, 6.07) is 12.4. The van der Waals surface area contributed by atoms with Crippen molar-refractivity contribution in [1.82, 2.24) is 9.78 Å². The maximum absolute atomic E-state index is 12.9. The summed E-state index contributed by atoms with van der Waals surface area (Å²) >= 11 is 6.21. The molecule has 1 heterocycles. The predicted octanol–water partition coefficient (Wildman–Crippen LogP) is 4.27. The Bertz CT molecular complexity index is 1040. The summed E-state index contributed by atoms with van der Waals surface area (Å²) in [6.07, 6.45) is 0. The van der Waals surface area contributed by atoms with Crippen molar-refractivity contribution < 1.29 is 4.79 Å². The van der Waals surface area contributed by atoms with Crippen molar-refractivity contribution in [2.45, 2.75) is 27.3 Å². The SMILES string of the molecule is Cc1ccc(NC(=O)c2nn(CC(C)C)c(=O)c3ccccc23)c(Cl)c1. The number of carbonyl (C=O) groups excluding carboxylic acids is 1. The van der Waals surface area contributed by atoms with Gasteiger partial charge in [0.05, 0.1) is 16.1 Å². The van der Waals surface area contributed by atoms with Crippen LogP contribution in [0.1, 0.15) is 29.9 Å². The third-order valence-electron chi connectivity index (χ3n) is 3.99. The number of amides is 1. The Balaban J connectivity index is 2.09. The summed E-state index contributed by atoms with van der Waals surface area (Å²) in [7, 11) is 0. The number of nitrogens with zero attached hydrogens (tertiary/aromatic N) is 2. The van der Waals surface area contributed by atoms with Crippen LogP contribution in [-0.2, 0) is 6.54 Å². The van der Waals surface area contributed by atoms with E-state index in [0.717, 1.165) is 5.56 Å². The summed E-state index contributed by atoms with van der Waals surface area (Å²) in [5.74, 6) is -0.173. The van der Waals surface area contributed by atoms with Crippen molar-refractivity contribution in [3.63, 3.8) is 0 Å². The number of anilines is 1. The Hall–Kier alpha value is -2.66. The minimum Gasteiger partial charge on any atom is -0.319 e. The molecular formula is C20H20ClN3O2. The van der Waals surface area contributed by atoms with Crippen LogP contribution in [0, 0.1) is 12.8 Å². The highest BCUT2D eigenvalue weighted by molar-refractivity contribution is 6.34. The maximum Gasteiger partial charge on any atom is 0.276 e. The highest BCUT2D eigenvalue weighted by atomic mass is 35.5. The van der Waals surface area contributed by atoms with E-state index in [2.05, 4.69) is 10.4 Å². The van der Waals surface area contributed by atoms with Gasteiger partial charge >= 0.3 is 0 Å². The molecule has 0 unspecified atom stereocenters. The Labute approximate surface area is 156 Å². The lowest BCUT2D eigenvalue weighted by Crippen LogP contribution is -2.29. The van der Waals surface area contributed by atoms with Gasteiger partial charge < -0.3 is 5.32 Å². The van der Waals surface area contributed by atoms with E-state index in [1.807, 2.05) is 26.8 Å². The van der Waals surface area contributed by atoms with Gasteiger partial charge in [-0.05, 0) is 36.6 Å². The zero-order valence-electron chi connectivity index (χ0n) is 14.9. The van der Waals surface area contributed by atoms with Gasteiger partial charge in [0.1, 0.15) is 0 Å². The zero-order chi connectivity index (χ0) is 18.8. The van der Waals surface area contributed by atoms with E-state index in [4.69, 9.17) is 11.6 Å². The van der Waals surface area contributed by atoms with Crippen LogP contribution in [0.3, 0.4) is 0 Å². The Morgan fingerprint density at radius 2 is 1.88 bits per heavy atom. The van der Waals surface area contributed by atoms with Crippen LogP contribution in [0.25, 0.3) is 10.8 Å². The molecule has 5 nitrogen and oxygen atoms in total. The molecule has 134 valence electrons. The second-order valence-electron chi connectivity index (χ2n) is 6.71. The van der Waals surface area contributed by atoms with Gasteiger partial charge in [-0.3, -0.25) is 9.59 Å². The van der Waals surface area contributed by atoms with Crippen LogP contribution in [0.15, 0.2) is 47.3 Å². The molecule has 0 spiro atoms. The Kier molecular flexibility index (Phi) is 5.09. The number of aromatic nitrogens is 2. The van der Waals surface area contributed by atoms with Crippen molar-refractivity contribution in [3.8, 4) is 0 Å². The fraction of sp³-hybridized carbons (Fsp3) is 0.250. The second kappa shape index (κ2) is 7.30. The minimum absolute atomic E-state index is 0.195. The van der Waals surface area contributed by atoms with E-state index >= 15 is 0 Å². The molecule has 1 N–H and O–H groups in total. The average Bonchev–Trinajstić information content (AvgIpc) is 2.59. The van der Waals surface area contributed by atoms with E-state index < -0.39 is 5.91 Å². The fourth-order valence-electron chi connectivity index (χ4n) is 2.78. The van der Waals surface area contributed by atoms with Gasteiger partial charge in [-0.2, -0.15) is 5.10 Å². The van der Waals surface area contributed by atoms with E-state index in [9.17, 15) is 9.59 Å². The first kappa shape index (κ1) is 18.1. The number of hydrogen-bond donors (Lipinski definition) is 1. The lowest BCUT2D eigenvalue weighted by Gasteiger charge is -2.13. The van der Waals surface area contributed by atoms with Crippen LogP contribution in [0.4, 0.5) is 5.69 Å². The first-order valence-corrected chi connectivity index (χ1v) is 8.82. The molecule has 0 atom stereocenters. The van der Waals surface area contributed by atoms with E-state index in [0.29, 0.717) is 28.0 Å². The molecular weight excluding hydrogens is 350 g/mol. The maximum atomic E-state index is 12.9. The molecule has 0 bridgehead atoms. The molecule has 0 fully saturated rings. The molecule has 26 heavy (non-hydrogen) atoms. The van der Waals surface area contributed by atoms with Crippen molar-refractivity contribution in [2.75, 3.05) is 5.32 Å². The third-order valence-corrected chi connectivity index (χ3v) is 4.31. The molecule has 6 heteroatoms. The van der Waals surface area contributed by atoms with Crippen LogP contribution >= 0.6 is 11.6 Å². The summed E-state index contributed by atoms with van der Waals surface area (Å²) in [6.45, 7) is 6.36. The standard InChI is InChI=1S/C20H20ClN3O2/c1-12(2)11-24-20(26)15-7-5-4-6-14(15)18(23-24)19(25)22-17-9-8-13(3)10-16(17)21/h4-10,12H,11H2,1-3H3,(H,22,25). The lowest BCUT2D eigenvalue weighted by molar-refractivity contribution is 0.102. The van der Waals surface area contributed by atoms with E-state index in [1.54, 1.807) is 36.4 Å².